The van der Waals surface area contributed by atoms with Gasteiger partial charge in [-0.3, -0.25) is 0 Å². The summed E-state index contributed by atoms with van der Waals surface area (Å²) in [6, 6.07) is 16.0. The van der Waals surface area contributed by atoms with Crippen LogP contribution in [0, 0.1) is 0 Å². The number of rotatable bonds is 13. The van der Waals surface area contributed by atoms with E-state index in [1.807, 2.05) is 36.4 Å². The van der Waals surface area contributed by atoms with Crippen LogP contribution in [0.2, 0.25) is 0 Å². The number of hydrogen-bond donors (Lipinski definition) is 4. The number of allylic oxidation sites excluding steroid dienone is 1. The molecule has 0 fully saturated rings. The summed E-state index contributed by atoms with van der Waals surface area (Å²) in [7, 11) is 0. The first-order chi connectivity index (χ1) is 15.7. The zero-order valence-corrected chi connectivity index (χ0v) is 20.4. The van der Waals surface area contributed by atoms with Gasteiger partial charge in [0.15, 0.2) is 0 Å². The third-order valence-electron chi connectivity index (χ3n) is 5.61. The Morgan fingerprint density at radius 2 is 1.55 bits per heavy atom. The monoisotopic (exact) mass is 477 g/mol. The van der Waals surface area contributed by atoms with Gasteiger partial charge in [0.1, 0.15) is 24.2 Å². The zero-order valence-electron chi connectivity index (χ0n) is 19.6. The highest BCUT2D eigenvalue weighted by Crippen LogP contribution is 2.33. The van der Waals surface area contributed by atoms with Crippen molar-refractivity contribution >= 4 is 11.6 Å². The summed E-state index contributed by atoms with van der Waals surface area (Å²) in [6.45, 7) is 6.54. The fourth-order valence-corrected chi connectivity index (χ4v) is 3.36. The summed E-state index contributed by atoms with van der Waals surface area (Å²) in [5.41, 5.74) is 8.54. The van der Waals surface area contributed by atoms with Gasteiger partial charge in [0, 0.05) is 17.0 Å². The first-order valence-corrected chi connectivity index (χ1v) is 11.5. The first kappa shape index (κ1) is 26.8. The Balaban J connectivity index is 1.94. The fraction of sp³-hybridized carbons (Fsp3) is 0.440. The molecule has 0 bridgehead atoms. The summed E-state index contributed by atoms with van der Waals surface area (Å²) in [5.74, 6) is 7.96. The molecule has 0 saturated carbocycles. The van der Waals surface area contributed by atoms with Crippen molar-refractivity contribution in [2.45, 2.75) is 38.7 Å². The van der Waals surface area contributed by atoms with E-state index in [0.717, 1.165) is 17.7 Å². The van der Waals surface area contributed by atoms with Crippen molar-refractivity contribution in [2.24, 2.45) is 11.6 Å². The van der Waals surface area contributed by atoms with Crippen molar-refractivity contribution in [3.05, 3.63) is 71.1 Å². The molecule has 0 aromatic heterocycles. The van der Waals surface area contributed by atoms with E-state index in [1.54, 1.807) is 6.92 Å². The van der Waals surface area contributed by atoms with Gasteiger partial charge in [-0.25, -0.2) is 5.84 Å². The smallest absolute Gasteiger partial charge is 0.119 e. The lowest BCUT2D eigenvalue weighted by Crippen LogP contribution is -2.40. The summed E-state index contributed by atoms with van der Waals surface area (Å²) >= 11 is 5.69. The standard InChI is InChI=1S/C25H36ClN3O4/c1-18(24(27)16-30)29(28)15-21(31)17-33-23-11-7-20(8-12-23)25(2,3)19-5-9-22(10-6-19)32-14-4-13-26/h5-12,21,30-31H,4,13-17,27-28H2,1-3H3/b24-18-. The van der Waals surface area contributed by atoms with E-state index in [9.17, 15) is 5.11 Å². The van der Waals surface area contributed by atoms with Crippen LogP contribution in [0.3, 0.4) is 0 Å². The predicted molar refractivity (Wildman–Crippen MR) is 132 cm³/mol. The number of aliphatic hydroxyl groups excluding tert-OH is 2. The zero-order chi connectivity index (χ0) is 24.4. The molecule has 0 heterocycles. The molecule has 2 aromatic carbocycles. The Morgan fingerprint density at radius 3 is 2.03 bits per heavy atom. The minimum absolute atomic E-state index is 0.0773. The number of nitrogens with two attached hydrogens (primary N) is 2. The Kier molecular flexibility index (Phi) is 10.3. The van der Waals surface area contributed by atoms with Gasteiger partial charge in [0.2, 0.25) is 0 Å². The second-order valence-electron chi connectivity index (χ2n) is 8.45. The lowest BCUT2D eigenvalue weighted by atomic mass is 9.78. The molecule has 6 N–H and O–H groups in total. The third-order valence-corrected chi connectivity index (χ3v) is 5.88. The van der Waals surface area contributed by atoms with Crippen LogP contribution in [0.4, 0.5) is 0 Å². The number of aliphatic hydroxyl groups is 2. The van der Waals surface area contributed by atoms with E-state index in [0.29, 0.717) is 23.9 Å². The molecular formula is C25H36ClN3O4. The second kappa shape index (κ2) is 12.7. The van der Waals surface area contributed by atoms with Crippen LogP contribution >= 0.6 is 11.6 Å². The Morgan fingerprint density at radius 1 is 1.03 bits per heavy atom. The molecule has 0 aliphatic heterocycles. The molecule has 0 spiro atoms. The van der Waals surface area contributed by atoms with Crippen molar-refractivity contribution in [1.82, 2.24) is 5.01 Å². The topological polar surface area (TPSA) is 114 Å². The third kappa shape index (κ3) is 7.82. The molecule has 2 rings (SSSR count). The number of hydrogen-bond acceptors (Lipinski definition) is 7. The molecule has 0 amide bonds. The summed E-state index contributed by atoms with van der Waals surface area (Å²) in [4.78, 5) is 0. The van der Waals surface area contributed by atoms with E-state index in [4.69, 9.17) is 37.8 Å². The van der Waals surface area contributed by atoms with E-state index in [1.165, 1.54) is 10.6 Å². The average Bonchev–Trinajstić information content (AvgIpc) is 2.82. The van der Waals surface area contributed by atoms with Gasteiger partial charge < -0.3 is 30.4 Å². The largest absolute Gasteiger partial charge is 0.494 e. The number of nitrogens with zero attached hydrogens (tertiary/aromatic N) is 1. The van der Waals surface area contributed by atoms with E-state index in [2.05, 4.69) is 26.0 Å². The van der Waals surface area contributed by atoms with E-state index < -0.39 is 6.10 Å². The summed E-state index contributed by atoms with van der Waals surface area (Å²) in [6.07, 6.45) is -0.00234. The second-order valence-corrected chi connectivity index (χ2v) is 8.83. The van der Waals surface area contributed by atoms with Crippen molar-refractivity contribution in [3.8, 4) is 11.5 Å². The Bertz CT molecular complexity index is 886. The predicted octanol–water partition coefficient (Wildman–Crippen LogP) is 3.12. The number of hydrazine groups is 1. The van der Waals surface area contributed by atoms with Crippen LogP contribution in [0.25, 0.3) is 0 Å². The molecule has 7 nitrogen and oxygen atoms in total. The van der Waals surface area contributed by atoms with E-state index in [-0.39, 0.29) is 30.9 Å². The highest BCUT2D eigenvalue weighted by atomic mass is 35.5. The Labute approximate surface area is 201 Å². The maximum Gasteiger partial charge on any atom is 0.119 e. The van der Waals surface area contributed by atoms with E-state index >= 15 is 0 Å². The highest BCUT2D eigenvalue weighted by molar-refractivity contribution is 6.17. The Hall–Kier alpha value is -2.45. The molecular weight excluding hydrogens is 442 g/mol. The summed E-state index contributed by atoms with van der Waals surface area (Å²) in [5, 5.41) is 20.6. The van der Waals surface area contributed by atoms with Crippen molar-refractivity contribution in [3.63, 3.8) is 0 Å². The normalized spacial score (nSPS) is 13.3. The van der Waals surface area contributed by atoms with Crippen molar-refractivity contribution < 1.29 is 19.7 Å². The van der Waals surface area contributed by atoms with Crippen molar-refractivity contribution in [2.75, 3.05) is 32.2 Å². The molecule has 182 valence electrons. The molecule has 0 aliphatic carbocycles. The molecule has 8 heteroatoms. The SMILES string of the molecule is C/C(=C(/N)CO)N(N)CC(O)COc1ccc(C(C)(C)c2ccc(OCCCCl)cc2)cc1. The molecule has 0 aliphatic rings. The van der Waals surface area contributed by atoms with Gasteiger partial charge in [-0.15, -0.1) is 11.6 Å². The van der Waals surface area contributed by atoms with Gasteiger partial charge in [-0.2, -0.15) is 0 Å². The van der Waals surface area contributed by atoms with Crippen LogP contribution in [0.5, 0.6) is 11.5 Å². The van der Waals surface area contributed by atoms with Crippen LogP contribution in [-0.4, -0.2) is 53.6 Å². The number of halogens is 1. The lowest BCUT2D eigenvalue weighted by molar-refractivity contribution is 0.0779. The van der Waals surface area contributed by atoms with Crippen LogP contribution < -0.4 is 21.1 Å². The van der Waals surface area contributed by atoms with Gasteiger partial charge in [0.05, 0.1) is 25.5 Å². The average molecular weight is 478 g/mol. The molecule has 0 saturated heterocycles. The number of benzene rings is 2. The highest BCUT2D eigenvalue weighted by Gasteiger charge is 2.23. The van der Waals surface area contributed by atoms with Crippen LogP contribution in [0.1, 0.15) is 38.3 Å². The first-order valence-electron chi connectivity index (χ1n) is 11.0. The van der Waals surface area contributed by atoms with Gasteiger partial charge in [0.25, 0.3) is 0 Å². The molecule has 1 atom stereocenters. The lowest BCUT2D eigenvalue weighted by Gasteiger charge is -2.27. The minimum atomic E-state index is -0.822. The van der Waals surface area contributed by atoms with Gasteiger partial charge in [-0.05, 0) is 48.7 Å². The van der Waals surface area contributed by atoms with Crippen LogP contribution in [0.15, 0.2) is 59.9 Å². The molecule has 1 unspecified atom stereocenters. The van der Waals surface area contributed by atoms with Gasteiger partial charge >= 0.3 is 0 Å². The van der Waals surface area contributed by atoms with Crippen LogP contribution in [-0.2, 0) is 5.41 Å². The maximum atomic E-state index is 10.2. The molecule has 2 aromatic rings. The quantitative estimate of drug-likeness (QED) is 0.152. The molecule has 0 radical (unpaired) electrons. The molecule has 33 heavy (non-hydrogen) atoms. The van der Waals surface area contributed by atoms with Crippen molar-refractivity contribution in [1.29, 1.82) is 0 Å². The van der Waals surface area contributed by atoms with Gasteiger partial charge in [-0.1, -0.05) is 38.1 Å². The number of alkyl halides is 1. The fourth-order valence-electron chi connectivity index (χ4n) is 3.25. The number of ether oxygens (including phenoxy) is 2. The maximum absolute atomic E-state index is 10.2. The minimum Gasteiger partial charge on any atom is -0.494 e. The summed E-state index contributed by atoms with van der Waals surface area (Å²) < 4.78 is 11.4.